The van der Waals surface area contributed by atoms with Crippen molar-refractivity contribution in [3.63, 3.8) is 0 Å². The molecule has 0 saturated carbocycles. The summed E-state index contributed by atoms with van der Waals surface area (Å²) in [6.07, 6.45) is 2.67. The molecule has 4 nitrogen and oxygen atoms in total. The Morgan fingerprint density at radius 1 is 1.16 bits per heavy atom. The molecule has 3 rings (SSSR count). The molecule has 1 heterocycles. The smallest absolute Gasteiger partial charge is 0.224 e. The molecule has 0 bridgehead atoms. The Bertz CT molecular complexity index is 787. The first-order valence-electron chi connectivity index (χ1n) is 8.48. The van der Waals surface area contributed by atoms with E-state index < -0.39 is 0 Å². The van der Waals surface area contributed by atoms with Gasteiger partial charge in [-0.05, 0) is 54.7 Å². The summed E-state index contributed by atoms with van der Waals surface area (Å²) in [6, 6.07) is 12.0. The summed E-state index contributed by atoms with van der Waals surface area (Å²) < 4.78 is 12.9. The number of nitrogens with one attached hydrogen (secondary N) is 1. The Morgan fingerprint density at radius 3 is 2.64 bits per heavy atom. The zero-order chi connectivity index (χ0) is 17.8. The molecule has 0 unspecified atom stereocenters. The lowest BCUT2D eigenvalue weighted by Crippen LogP contribution is -2.25. The van der Waals surface area contributed by atoms with Crippen LogP contribution in [0.4, 0.5) is 15.8 Å². The molecule has 0 aliphatic carbocycles. The molecule has 1 aliphatic rings. The fourth-order valence-electron chi connectivity index (χ4n) is 3.11. The van der Waals surface area contributed by atoms with Crippen molar-refractivity contribution in [3.8, 4) is 0 Å². The van der Waals surface area contributed by atoms with Gasteiger partial charge in [-0.2, -0.15) is 0 Å². The van der Waals surface area contributed by atoms with E-state index in [0.717, 1.165) is 29.7 Å². The molecule has 5 heteroatoms. The number of fused-ring (bicyclic) bond motifs is 1. The molecule has 0 radical (unpaired) electrons. The Kier molecular flexibility index (Phi) is 5.12. The van der Waals surface area contributed by atoms with Gasteiger partial charge < -0.3 is 10.2 Å². The van der Waals surface area contributed by atoms with Gasteiger partial charge in [0.05, 0.1) is 0 Å². The Labute approximate surface area is 146 Å². The van der Waals surface area contributed by atoms with Crippen molar-refractivity contribution in [1.29, 1.82) is 0 Å². The third kappa shape index (κ3) is 4.24. The fourth-order valence-corrected chi connectivity index (χ4v) is 3.11. The first-order chi connectivity index (χ1) is 12.0. The van der Waals surface area contributed by atoms with Crippen molar-refractivity contribution in [1.82, 2.24) is 0 Å². The number of amides is 2. The monoisotopic (exact) mass is 340 g/mol. The third-order valence-electron chi connectivity index (χ3n) is 4.43. The predicted octanol–water partition coefficient (Wildman–Crippen LogP) is 3.70. The molecule has 0 aromatic heterocycles. The largest absolute Gasteiger partial charge is 0.326 e. The summed E-state index contributed by atoms with van der Waals surface area (Å²) in [6.45, 7) is 2.25. The summed E-state index contributed by atoms with van der Waals surface area (Å²) in [5, 5.41) is 2.89. The van der Waals surface area contributed by atoms with E-state index in [0.29, 0.717) is 25.1 Å². The lowest BCUT2D eigenvalue weighted by Gasteiger charge is -2.15. The quantitative estimate of drug-likeness (QED) is 0.902. The van der Waals surface area contributed by atoms with Crippen LogP contribution in [0.3, 0.4) is 0 Å². The number of nitrogens with zero attached hydrogens (tertiary/aromatic N) is 1. The molecule has 130 valence electrons. The van der Waals surface area contributed by atoms with Gasteiger partial charge in [-0.1, -0.05) is 18.2 Å². The molecule has 2 aromatic carbocycles. The molecule has 0 saturated heterocycles. The Hall–Kier alpha value is -2.69. The number of hydrogen-bond donors (Lipinski definition) is 1. The fraction of sp³-hybridized carbons (Fsp3) is 0.300. The van der Waals surface area contributed by atoms with Crippen molar-refractivity contribution in [2.75, 3.05) is 16.8 Å². The minimum absolute atomic E-state index is 0.0153. The van der Waals surface area contributed by atoms with Crippen molar-refractivity contribution in [2.24, 2.45) is 0 Å². The van der Waals surface area contributed by atoms with E-state index in [9.17, 15) is 14.0 Å². The lowest BCUT2D eigenvalue weighted by atomic mass is 10.1. The van der Waals surface area contributed by atoms with Crippen molar-refractivity contribution < 1.29 is 14.0 Å². The van der Waals surface area contributed by atoms with E-state index in [4.69, 9.17) is 0 Å². The molecule has 0 spiro atoms. The second-order valence-corrected chi connectivity index (χ2v) is 6.29. The maximum Gasteiger partial charge on any atom is 0.224 e. The summed E-state index contributed by atoms with van der Waals surface area (Å²) >= 11 is 0. The van der Waals surface area contributed by atoms with Crippen LogP contribution in [0.2, 0.25) is 0 Å². The van der Waals surface area contributed by atoms with Gasteiger partial charge in [-0.25, -0.2) is 4.39 Å². The maximum absolute atomic E-state index is 12.9. The molecular weight excluding hydrogens is 319 g/mol. The highest BCUT2D eigenvalue weighted by Crippen LogP contribution is 2.30. The van der Waals surface area contributed by atoms with Crippen LogP contribution in [0, 0.1) is 5.82 Å². The highest BCUT2D eigenvalue weighted by molar-refractivity contribution is 5.96. The second kappa shape index (κ2) is 7.47. The van der Waals surface area contributed by atoms with E-state index >= 15 is 0 Å². The van der Waals surface area contributed by atoms with Crippen molar-refractivity contribution in [3.05, 3.63) is 59.4 Å². The number of halogens is 1. The van der Waals surface area contributed by atoms with Crippen LogP contribution in [0.5, 0.6) is 0 Å². The van der Waals surface area contributed by atoms with Gasteiger partial charge in [0.2, 0.25) is 11.8 Å². The van der Waals surface area contributed by atoms with Crippen LogP contribution in [-0.4, -0.2) is 18.4 Å². The van der Waals surface area contributed by atoms with Crippen molar-refractivity contribution >= 4 is 23.2 Å². The maximum atomic E-state index is 12.9. The zero-order valence-electron chi connectivity index (χ0n) is 14.2. The standard InChI is InChI=1S/C20H21FN2O2/c1-14(24)23-12-11-16-7-10-18(13-19(16)23)22-20(25)4-2-3-15-5-8-17(21)9-6-15/h5-10,13H,2-4,11-12H2,1H3,(H,22,25). The van der Waals surface area contributed by atoms with E-state index in [1.165, 1.54) is 12.1 Å². The number of rotatable bonds is 5. The minimum Gasteiger partial charge on any atom is -0.326 e. The van der Waals surface area contributed by atoms with Crippen LogP contribution < -0.4 is 10.2 Å². The van der Waals surface area contributed by atoms with E-state index in [1.807, 2.05) is 18.2 Å². The van der Waals surface area contributed by atoms with Gasteiger partial charge in [0.15, 0.2) is 0 Å². The molecule has 2 amide bonds. The Morgan fingerprint density at radius 2 is 1.92 bits per heavy atom. The van der Waals surface area contributed by atoms with E-state index in [1.54, 1.807) is 24.0 Å². The number of carbonyl (C=O) groups excluding carboxylic acids is 2. The zero-order valence-corrected chi connectivity index (χ0v) is 14.2. The summed E-state index contributed by atoms with van der Waals surface area (Å²) in [7, 11) is 0. The lowest BCUT2D eigenvalue weighted by molar-refractivity contribution is -0.117. The summed E-state index contributed by atoms with van der Waals surface area (Å²) in [4.78, 5) is 25.5. The molecule has 0 atom stereocenters. The first kappa shape index (κ1) is 17.1. The first-order valence-corrected chi connectivity index (χ1v) is 8.48. The van der Waals surface area contributed by atoms with Gasteiger partial charge >= 0.3 is 0 Å². The van der Waals surface area contributed by atoms with Crippen LogP contribution in [0.15, 0.2) is 42.5 Å². The van der Waals surface area contributed by atoms with Gasteiger partial charge in [0.25, 0.3) is 0 Å². The van der Waals surface area contributed by atoms with Crippen LogP contribution >= 0.6 is 0 Å². The number of anilines is 2. The van der Waals surface area contributed by atoms with E-state index in [-0.39, 0.29) is 17.6 Å². The average molecular weight is 340 g/mol. The second-order valence-electron chi connectivity index (χ2n) is 6.29. The SMILES string of the molecule is CC(=O)N1CCc2ccc(NC(=O)CCCc3ccc(F)cc3)cc21. The highest BCUT2D eigenvalue weighted by atomic mass is 19.1. The van der Waals surface area contributed by atoms with Gasteiger partial charge in [-0.3, -0.25) is 9.59 Å². The molecule has 0 fully saturated rings. The minimum atomic E-state index is -0.252. The molecule has 1 N–H and O–H groups in total. The van der Waals surface area contributed by atoms with Crippen LogP contribution in [0.1, 0.15) is 30.9 Å². The summed E-state index contributed by atoms with van der Waals surface area (Å²) in [5.74, 6) is -0.298. The van der Waals surface area contributed by atoms with Gasteiger partial charge in [0, 0.05) is 31.3 Å². The highest BCUT2D eigenvalue weighted by Gasteiger charge is 2.22. The van der Waals surface area contributed by atoms with Crippen molar-refractivity contribution in [2.45, 2.75) is 32.6 Å². The summed E-state index contributed by atoms with van der Waals surface area (Å²) in [5.41, 5.74) is 3.74. The molecule has 1 aliphatic heterocycles. The number of carbonyl (C=O) groups is 2. The van der Waals surface area contributed by atoms with Gasteiger partial charge in [0.1, 0.15) is 5.82 Å². The van der Waals surface area contributed by atoms with E-state index in [2.05, 4.69) is 5.32 Å². The molecule has 25 heavy (non-hydrogen) atoms. The molecule has 2 aromatic rings. The normalized spacial score (nSPS) is 12.8. The Balaban J connectivity index is 1.54. The number of hydrogen-bond acceptors (Lipinski definition) is 2. The number of aryl methyl sites for hydroxylation is 1. The third-order valence-corrected chi connectivity index (χ3v) is 4.43. The van der Waals surface area contributed by atoms with Crippen LogP contribution in [-0.2, 0) is 22.4 Å². The average Bonchev–Trinajstić information content (AvgIpc) is 3.00. The van der Waals surface area contributed by atoms with Gasteiger partial charge in [-0.15, -0.1) is 0 Å². The van der Waals surface area contributed by atoms with Crippen LogP contribution in [0.25, 0.3) is 0 Å². The topological polar surface area (TPSA) is 49.4 Å². The molecular formula is C20H21FN2O2. The number of benzene rings is 2. The predicted molar refractivity (Wildman–Crippen MR) is 96.1 cm³/mol.